The minimum atomic E-state index is -0.244. The molecule has 1 N–H and O–H groups in total. The van der Waals surface area contributed by atoms with Gasteiger partial charge in [0.1, 0.15) is 0 Å². The minimum absolute atomic E-state index is 0.0992. The predicted molar refractivity (Wildman–Crippen MR) is 73.4 cm³/mol. The topological polar surface area (TPSA) is 71.3 Å². The number of hydrogen-bond acceptors (Lipinski definition) is 5. The van der Waals surface area contributed by atoms with Crippen molar-refractivity contribution in [1.29, 1.82) is 0 Å². The molecule has 0 spiro atoms. The van der Waals surface area contributed by atoms with E-state index in [0.29, 0.717) is 23.7 Å². The Labute approximate surface area is 118 Å². The van der Waals surface area contributed by atoms with Gasteiger partial charge in [0, 0.05) is 31.1 Å². The normalized spacial score (nSPS) is 27.2. The summed E-state index contributed by atoms with van der Waals surface area (Å²) >= 11 is 0. The molecule has 2 atom stereocenters. The highest BCUT2D eigenvalue weighted by molar-refractivity contribution is 5.89. The van der Waals surface area contributed by atoms with E-state index >= 15 is 0 Å². The first-order chi connectivity index (χ1) is 9.54. The van der Waals surface area contributed by atoms with Gasteiger partial charge in [-0.25, -0.2) is 0 Å². The summed E-state index contributed by atoms with van der Waals surface area (Å²) in [5.41, 5.74) is 0. The van der Waals surface area contributed by atoms with Crippen LogP contribution in [0.4, 0.5) is 0 Å². The number of amides is 1. The van der Waals surface area contributed by atoms with E-state index in [1.54, 1.807) is 0 Å². The Hall–Kier alpha value is -1.43. The minimum Gasteiger partial charge on any atom is -0.343 e. The maximum Gasteiger partial charge on any atom is 0.315 e. The lowest BCUT2D eigenvalue weighted by molar-refractivity contribution is 0.0886. The van der Waals surface area contributed by atoms with Crippen molar-refractivity contribution in [3.05, 3.63) is 11.7 Å². The second-order valence-corrected chi connectivity index (χ2v) is 6.34. The standard InChI is InChI=1S/C14H22N4O2/c1-8(2)18-6-9(3)11(7-18)15-13(19)14-16-12(17-20-14)10-4-5-10/h8-11H,4-7H2,1-3H3,(H,15,19)/t9-,11+/m1/s1. The zero-order chi connectivity index (χ0) is 14.3. The van der Waals surface area contributed by atoms with Gasteiger partial charge in [-0.3, -0.25) is 9.69 Å². The van der Waals surface area contributed by atoms with Crippen LogP contribution < -0.4 is 5.32 Å². The van der Waals surface area contributed by atoms with Crippen molar-refractivity contribution in [3.8, 4) is 0 Å². The second-order valence-electron chi connectivity index (χ2n) is 6.34. The van der Waals surface area contributed by atoms with Gasteiger partial charge in [-0.05, 0) is 32.6 Å². The fourth-order valence-electron chi connectivity index (χ4n) is 2.68. The zero-order valence-electron chi connectivity index (χ0n) is 12.3. The van der Waals surface area contributed by atoms with Crippen LogP contribution in [0.2, 0.25) is 0 Å². The Bertz CT molecular complexity index is 495. The molecule has 2 heterocycles. The van der Waals surface area contributed by atoms with E-state index < -0.39 is 0 Å². The number of rotatable bonds is 4. The van der Waals surface area contributed by atoms with Crippen molar-refractivity contribution in [2.75, 3.05) is 13.1 Å². The number of nitrogens with zero attached hydrogens (tertiary/aromatic N) is 3. The van der Waals surface area contributed by atoms with Gasteiger partial charge < -0.3 is 9.84 Å². The molecular formula is C14H22N4O2. The molecule has 0 radical (unpaired) electrons. The van der Waals surface area contributed by atoms with Crippen LogP contribution in [0.3, 0.4) is 0 Å². The SMILES string of the molecule is CC(C)N1C[C@@H](C)[C@@H](NC(=O)c2nc(C3CC3)no2)C1. The third kappa shape index (κ3) is 2.70. The summed E-state index contributed by atoms with van der Waals surface area (Å²) in [5.74, 6) is 1.38. The molecule has 3 rings (SSSR count). The molecule has 0 bridgehead atoms. The van der Waals surface area contributed by atoms with Crippen LogP contribution in [-0.2, 0) is 0 Å². The van der Waals surface area contributed by atoms with Crippen LogP contribution in [0.25, 0.3) is 0 Å². The van der Waals surface area contributed by atoms with E-state index in [-0.39, 0.29) is 17.8 Å². The van der Waals surface area contributed by atoms with Gasteiger partial charge in [0.15, 0.2) is 5.82 Å². The summed E-state index contributed by atoms with van der Waals surface area (Å²) < 4.78 is 5.06. The van der Waals surface area contributed by atoms with Crippen molar-refractivity contribution < 1.29 is 9.32 Å². The summed E-state index contributed by atoms with van der Waals surface area (Å²) in [6, 6.07) is 0.658. The molecule has 2 fully saturated rings. The van der Waals surface area contributed by atoms with Gasteiger partial charge in [0.05, 0.1) is 0 Å². The summed E-state index contributed by atoms with van der Waals surface area (Å²) in [4.78, 5) is 18.7. The lowest BCUT2D eigenvalue weighted by Gasteiger charge is -2.20. The van der Waals surface area contributed by atoms with E-state index in [0.717, 1.165) is 25.9 Å². The van der Waals surface area contributed by atoms with E-state index in [2.05, 4.69) is 41.1 Å². The molecule has 0 aromatic carbocycles. The maximum absolute atomic E-state index is 12.2. The van der Waals surface area contributed by atoms with Gasteiger partial charge in [0.25, 0.3) is 0 Å². The predicted octanol–water partition coefficient (Wildman–Crippen LogP) is 1.41. The lowest BCUT2D eigenvalue weighted by Crippen LogP contribution is -2.40. The number of likely N-dealkylation sites (tertiary alicyclic amines) is 1. The summed E-state index contributed by atoms with van der Waals surface area (Å²) in [6.07, 6.45) is 2.20. The molecule has 1 amide bonds. The molecule has 1 aliphatic heterocycles. The average molecular weight is 278 g/mol. The third-order valence-electron chi connectivity index (χ3n) is 4.27. The van der Waals surface area contributed by atoms with Crippen molar-refractivity contribution in [2.45, 2.75) is 51.6 Å². The van der Waals surface area contributed by atoms with Gasteiger partial charge in [-0.15, -0.1) is 0 Å². The molecule has 0 unspecified atom stereocenters. The fourth-order valence-corrected chi connectivity index (χ4v) is 2.68. The Kier molecular flexibility index (Phi) is 3.50. The Balaban J connectivity index is 1.60. The van der Waals surface area contributed by atoms with E-state index in [9.17, 15) is 4.79 Å². The molecule has 20 heavy (non-hydrogen) atoms. The van der Waals surface area contributed by atoms with Crippen molar-refractivity contribution >= 4 is 5.91 Å². The molecule has 1 saturated carbocycles. The zero-order valence-corrected chi connectivity index (χ0v) is 12.3. The van der Waals surface area contributed by atoms with Crippen LogP contribution in [0.15, 0.2) is 4.52 Å². The summed E-state index contributed by atoms with van der Waals surface area (Å²) in [7, 11) is 0. The van der Waals surface area contributed by atoms with E-state index in [1.807, 2.05) is 0 Å². The van der Waals surface area contributed by atoms with Crippen LogP contribution in [0.1, 0.15) is 56.0 Å². The van der Waals surface area contributed by atoms with Crippen LogP contribution in [0, 0.1) is 5.92 Å². The number of aromatic nitrogens is 2. The Morgan fingerprint density at radius 3 is 2.75 bits per heavy atom. The van der Waals surface area contributed by atoms with Crippen molar-refractivity contribution in [2.24, 2.45) is 5.92 Å². The molecular weight excluding hydrogens is 256 g/mol. The Morgan fingerprint density at radius 2 is 2.15 bits per heavy atom. The van der Waals surface area contributed by atoms with E-state index in [4.69, 9.17) is 4.52 Å². The third-order valence-corrected chi connectivity index (χ3v) is 4.27. The van der Waals surface area contributed by atoms with Crippen LogP contribution >= 0.6 is 0 Å². The largest absolute Gasteiger partial charge is 0.343 e. The molecule has 1 saturated heterocycles. The first kappa shape index (κ1) is 13.5. The fraction of sp³-hybridized carbons (Fsp3) is 0.786. The van der Waals surface area contributed by atoms with Crippen molar-refractivity contribution in [1.82, 2.24) is 20.4 Å². The highest BCUT2D eigenvalue weighted by Crippen LogP contribution is 2.38. The second kappa shape index (κ2) is 5.16. The lowest BCUT2D eigenvalue weighted by atomic mass is 10.1. The maximum atomic E-state index is 12.2. The van der Waals surface area contributed by atoms with Crippen molar-refractivity contribution in [3.63, 3.8) is 0 Å². The smallest absolute Gasteiger partial charge is 0.315 e. The van der Waals surface area contributed by atoms with E-state index in [1.165, 1.54) is 0 Å². The first-order valence-electron chi connectivity index (χ1n) is 7.43. The Morgan fingerprint density at radius 1 is 1.40 bits per heavy atom. The first-order valence-corrected chi connectivity index (χ1v) is 7.43. The quantitative estimate of drug-likeness (QED) is 0.901. The van der Waals surface area contributed by atoms with Crippen LogP contribution in [-0.4, -0.2) is 46.1 Å². The number of carbonyl (C=O) groups excluding carboxylic acids is 1. The highest BCUT2D eigenvalue weighted by atomic mass is 16.5. The van der Waals surface area contributed by atoms with Crippen LogP contribution in [0.5, 0.6) is 0 Å². The molecule has 6 heteroatoms. The monoisotopic (exact) mass is 278 g/mol. The number of nitrogens with one attached hydrogen (secondary N) is 1. The molecule has 6 nitrogen and oxygen atoms in total. The van der Waals surface area contributed by atoms with Gasteiger partial charge in [0.2, 0.25) is 0 Å². The number of carbonyl (C=O) groups is 1. The molecule has 110 valence electrons. The molecule has 1 aromatic rings. The number of hydrogen-bond donors (Lipinski definition) is 1. The molecule has 1 aliphatic carbocycles. The highest BCUT2D eigenvalue weighted by Gasteiger charge is 2.34. The summed E-state index contributed by atoms with van der Waals surface area (Å²) in [6.45, 7) is 8.42. The van der Waals surface area contributed by atoms with Gasteiger partial charge >= 0.3 is 11.8 Å². The molecule has 1 aromatic heterocycles. The van der Waals surface area contributed by atoms with Gasteiger partial charge in [-0.1, -0.05) is 12.1 Å². The average Bonchev–Trinajstić information content (AvgIpc) is 3.01. The summed E-state index contributed by atoms with van der Waals surface area (Å²) in [5, 5.41) is 6.90. The molecule has 2 aliphatic rings. The van der Waals surface area contributed by atoms with Gasteiger partial charge in [-0.2, -0.15) is 4.98 Å².